The summed E-state index contributed by atoms with van der Waals surface area (Å²) in [4.78, 5) is 29.2. The van der Waals surface area contributed by atoms with Crippen molar-refractivity contribution in [3.63, 3.8) is 0 Å². The van der Waals surface area contributed by atoms with E-state index < -0.39 is 13.9 Å². The molecule has 1 heterocycles. The third kappa shape index (κ3) is 7.57. The van der Waals surface area contributed by atoms with Gasteiger partial charge in [-0.15, -0.1) is 0 Å². The smallest absolute Gasteiger partial charge is 0.268 e. The molecule has 1 unspecified atom stereocenters. The highest BCUT2D eigenvalue weighted by Gasteiger charge is 2.17. The molecule has 34 heavy (non-hydrogen) atoms. The van der Waals surface area contributed by atoms with E-state index in [4.69, 9.17) is 14.0 Å². The van der Waals surface area contributed by atoms with Gasteiger partial charge in [0.05, 0.1) is 18.2 Å². The average molecular weight is 483 g/mol. The van der Waals surface area contributed by atoms with Crippen LogP contribution in [0, 0.1) is 6.92 Å². The standard InChI is InChI=1S/C27H34NO5P/c1-20(2)33-34(30,31)32-18-12-5-4-9-15-23(29)19-25-21(3)28-26-17-11-10-16-24(26)27(25)22-13-7-6-8-14-22/h6-8,10-11,13-14,16-17,20H,4-5,9,12,15,18-19H2,1-3H3,(H,30,31)/p-1. The lowest BCUT2D eigenvalue weighted by Crippen LogP contribution is -2.13. The molecule has 6 nitrogen and oxygen atoms in total. The Morgan fingerprint density at radius 2 is 1.68 bits per heavy atom. The number of benzene rings is 2. The first-order chi connectivity index (χ1) is 16.3. The summed E-state index contributed by atoms with van der Waals surface area (Å²) < 4.78 is 21.2. The number of nitrogens with zero attached hydrogens (tertiary/aromatic N) is 1. The van der Waals surface area contributed by atoms with Gasteiger partial charge in [0.15, 0.2) is 0 Å². The van der Waals surface area contributed by atoms with Crippen LogP contribution >= 0.6 is 7.82 Å². The Balaban J connectivity index is 1.56. The van der Waals surface area contributed by atoms with Crippen molar-refractivity contribution in [2.45, 2.75) is 65.4 Å². The highest BCUT2D eigenvalue weighted by atomic mass is 31.2. The summed E-state index contributed by atoms with van der Waals surface area (Å²) in [5, 5.41) is 1.05. The third-order valence-electron chi connectivity index (χ3n) is 5.58. The molecule has 7 heteroatoms. The molecule has 0 aliphatic carbocycles. The molecule has 0 saturated carbocycles. The normalized spacial score (nSPS) is 13.3. The molecule has 2 aromatic carbocycles. The van der Waals surface area contributed by atoms with Crippen molar-refractivity contribution >= 4 is 24.5 Å². The largest absolute Gasteiger partial charge is 0.756 e. The van der Waals surface area contributed by atoms with Crippen LogP contribution in [0.15, 0.2) is 54.6 Å². The van der Waals surface area contributed by atoms with Crippen LogP contribution in [0.2, 0.25) is 0 Å². The van der Waals surface area contributed by atoms with Crippen LogP contribution in [0.1, 0.15) is 57.2 Å². The van der Waals surface area contributed by atoms with Crippen LogP contribution in [0.25, 0.3) is 22.0 Å². The van der Waals surface area contributed by atoms with Crippen LogP contribution < -0.4 is 4.89 Å². The van der Waals surface area contributed by atoms with Gasteiger partial charge in [-0.25, -0.2) is 0 Å². The van der Waals surface area contributed by atoms with E-state index in [2.05, 4.69) is 18.2 Å². The number of hydrogen-bond acceptors (Lipinski definition) is 6. The maximum absolute atomic E-state index is 12.9. The topological polar surface area (TPSA) is 88.5 Å². The number of carbonyl (C=O) groups excluding carboxylic acids is 1. The first kappa shape index (κ1) is 26.2. The number of aromatic nitrogens is 1. The third-order valence-corrected chi connectivity index (χ3v) is 6.75. The number of fused-ring (bicyclic) bond motifs is 1. The van der Waals surface area contributed by atoms with Gasteiger partial charge in [0.1, 0.15) is 5.78 Å². The Kier molecular flexibility index (Phi) is 9.54. The summed E-state index contributed by atoms with van der Waals surface area (Å²) in [6, 6.07) is 18.2. The van der Waals surface area contributed by atoms with E-state index in [0.717, 1.165) is 52.5 Å². The van der Waals surface area contributed by atoms with Gasteiger partial charge in [-0.2, -0.15) is 0 Å². The maximum Gasteiger partial charge on any atom is 0.268 e. The van der Waals surface area contributed by atoms with Crippen LogP contribution in [0.3, 0.4) is 0 Å². The number of pyridine rings is 1. The van der Waals surface area contributed by atoms with Crippen molar-refractivity contribution in [2.75, 3.05) is 6.61 Å². The molecule has 0 amide bonds. The van der Waals surface area contributed by atoms with Gasteiger partial charge in [-0.05, 0) is 56.4 Å². The highest BCUT2D eigenvalue weighted by molar-refractivity contribution is 7.45. The van der Waals surface area contributed by atoms with Crippen LogP contribution in [-0.4, -0.2) is 23.5 Å². The Morgan fingerprint density at radius 1 is 1.00 bits per heavy atom. The molecule has 182 valence electrons. The second-order valence-electron chi connectivity index (χ2n) is 8.75. The zero-order chi connectivity index (χ0) is 24.6. The van der Waals surface area contributed by atoms with E-state index in [1.54, 1.807) is 13.8 Å². The monoisotopic (exact) mass is 482 g/mol. The maximum atomic E-state index is 12.9. The van der Waals surface area contributed by atoms with Gasteiger partial charge in [-0.1, -0.05) is 61.4 Å². The second-order valence-corrected chi connectivity index (χ2v) is 10.1. The molecule has 0 saturated heterocycles. The minimum absolute atomic E-state index is 0.101. The van der Waals surface area contributed by atoms with Gasteiger partial charge in [-0.3, -0.25) is 14.3 Å². The minimum Gasteiger partial charge on any atom is -0.756 e. The van der Waals surface area contributed by atoms with E-state index in [0.29, 0.717) is 19.3 Å². The Morgan fingerprint density at radius 3 is 2.41 bits per heavy atom. The molecule has 0 bridgehead atoms. The van der Waals surface area contributed by atoms with Crippen molar-refractivity contribution < 1.29 is 23.3 Å². The van der Waals surface area contributed by atoms with Crippen LogP contribution in [0.4, 0.5) is 0 Å². The lowest BCUT2D eigenvalue weighted by Gasteiger charge is -2.24. The number of hydrogen-bond donors (Lipinski definition) is 0. The Bertz CT molecular complexity index is 1150. The number of rotatable bonds is 13. The summed E-state index contributed by atoms with van der Waals surface area (Å²) in [7, 11) is -4.22. The number of carbonyl (C=O) groups is 1. The predicted molar refractivity (Wildman–Crippen MR) is 133 cm³/mol. The zero-order valence-electron chi connectivity index (χ0n) is 20.2. The predicted octanol–water partition coefficient (Wildman–Crippen LogP) is 6.18. The molecule has 0 spiro atoms. The SMILES string of the molecule is Cc1nc2ccccc2c(-c2ccccc2)c1CC(=O)CCCCCCOP(=O)([O-])OC(C)C. The molecule has 1 aromatic heterocycles. The number of para-hydroxylation sites is 1. The Labute approximate surface area is 202 Å². The number of aryl methyl sites for hydroxylation is 1. The van der Waals surface area contributed by atoms with E-state index in [1.165, 1.54) is 0 Å². The highest BCUT2D eigenvalue weighted by Crippen LogP contribution is 2.39. The summed E-state index contributed by atoms with van der Waals surface area (Å²) in [6.07, 6.45) is 3.40. The second kappa shape index (κ2) is 12.4. The van der Waals surface area contributed by atoms with E-state index >= 15 is 0 Å². The minimum atomic E-state index is -4.22. The van der Waals surface area contributed by atoms with Crippen molar-refractivity contribution in [2.24, 2.45) is 0 Å². The van der Waals surface area contributed by atoms with E-state index in [1.807, 2.05) is 43.3 Å². The zero-order valence-corrected chi connectivity index (χ0v) is 21.1. The Hall–Kier alpha value is -2.37. The first-order valence-electron chi connectivity index (χ1n) is 11.9. The fraction of sp³-hybridized carbons (Fsp3) is 0.407. The van der Waals surface area contributed by atoms with Crippen LogP contribution in [0.5, 0.6) is 0 Å². The molecule has 0 radical (unpaired) electrons. The lowest BCUT2D eigenvalue weighted by atomic mass is 9.91. The molecule has 0 aliphatic rings. The lowest BCUT2D eigenvalue weighted by molar-refractivity contribution is -0.228. The number of phosphoric acid groups is 1. The van der Waals surface area contributed by atoms with Crippen molar-refractivity contribution in [3.8, 4) is 11.1 Å². The molecule has 0 fully saturated rings. The van der Waals surface area contributed by atoms with Gasteiger partial charge >= 0.3 is 0 Å². The molecule has 0 aliphatic heterocycles. The molecule has 0 N–H and O–H groups in total. The number of ketones is 1. The first-order valence-corrected chi connectivity index (χ1v) is 13.3. The molecule has 3 rings (SSSR count). The number of Topliss-reactive ketones (excluding diaryl/α,β-unsaturated/α-hetero) is 1. The summed E-state index contributed by atoms with van der Waals surface area (Å²) in [5.74, 6) is 0.183. The molecule has 3 aromatic rings. The van der Waals surface area contributed by atoms with Crippen LogP contribution in [-0.2, 0) is 24.8 Å². The summed E-state index contributed by atoms with van der Waals surface area (Å²) in [5.41, 5.74) is 4.97. The molecule has 1 atom stereocenters. The quantitative estimate of drug-likeness (QED) is 0.213. The van der Waals surface area contributed by atoms with Gasteiger partial charge in [0, 0.05) is 23.9 Å². The number of unbranched alkanes of at least 4 members (excludes halogenated alkanes) is 3. The van der Waals surface area contributed by atoms with E-state index in [9.17, 15) is 14.3 Å². The number of phosphoric ester groups is 1. The van der Waals surface area contributed by atoms with E-state index in [-0.39, 0.29) is 12.4 Å². The summed E-state index contributed by atoms with van der Waals surface area (Å²) in [6.45, 7) is 5.36. The van der Waals surface area contributed by atoms with Gasteiger partial charge < -0.3 is 13.9 Å². The fourth-order valence-electron chi connectivity index (χ4n) is 4.05. The van der Waals surface area contributed by atoms with Crippen molar-refractivity contribution in [1.29, 1.82) is 0 Å². The summed E-state index contributed by atoms with van der Waals surface area (Å²) >= 11 is 0. The van der Waals surface area contributed by atoms with Crippen molar-refractivity contribution in [3.05, 3.63) is 65.9 Å². The van der Waals surface area contributed by atoms with Gasteiger partial charge in [0.2, 0.25) is 0 Å². The van der Waals surface area contributed by atoms with Gasteiger partial charge in [0.25, 0.3) is 7.82 Å². The molecular formula is C27H33NO5P-. The van der Waals surface area contributed by atoms with Crippen molar-refractivity contribution in [1.82, 2.24) is 4.98 Å². The average Bonchev–Trinajstić information content (AvgIpc) is 2.78. The molecular weight excluding hydrogens is 449 g/mol. The fourth-order valence-corrected chi connectivity index (χ4v) is 4.98.